The molecule has 0 spiro atoms. The van der Waals surface area contributed by atoms with Gasteiger partial charge in [0.1, 0.15) is 22.7 Å². The van der Waals surface area contributed by atoms with Crippen LogP contribution in [0.5, 0.6) is 11.5 Å². The molecular formula is C25H16Cl2FNO2S. The van der Waals surface area contributed by atoms with Crippen LogP contribution < -0.4 is 9.64 Å². The van der Waals surface area contributed by atoms with Gasteiger partial charge in [-0.25, -0.2) is 4.39 Å². The second-order valence-corrected chi connectivity index (χ2v) is 9.15. The molecule has 1 amide bonds. The first-order valence-corrected chi connectivity index (χ1v) is 11.7. The Bertz CT molecular complexity index is 1330. The molecule has 1 aliphatic rings. The fraction of sp³-hybridized carbons (Fsp3) is 0.0800. The number of thioether (sulfide) groups is 1. The minimum atomic E-state index is -0.313. The van der Waals surface area contributed by atoms with E-state index < -0.39 is 0 Å². The molecule has 0 bridgehead atoms. The van der Waals surface area contributed by atoms with Crippen molar-refractivity contribution in [2.24, 2.45) is 0 Å². The van der Waals surface area contributed by atoms with E-state index in [2.05, 4.69) is 0 Å². The van der Waals surface area contributed by atoms with Gasteiger partial charge in [-0.1, -0.05) is 65.7 Å². The predicted octanol–water partition coefficient (Wildman–Crippen LogP) is 7.86. The average Bonchev–Trinajstić information content (AvgIpc) is 3.19. The molecule has 0 aromatic heterocycles. The summed E-state index contributed by atoms with van der Waals surface area (Å²) in [5, 5.41) is 2.52. The number of fused-ring (bicyclic) bond motifs is 1. The maximum atomic E-state index is 13.3. The Morgan fingerprint density at radius 2 is 1.69 bits per heavy atom. The first-order valence-electron chi connectivity index (χ1n) is 9.85. The summed E-state index contributed by atoms with van der Waals surface area (Å²) in [6.07, 6.45) is 0. The van der Waals surface area contributed by atoms with Crippen molar-refractivity contribution in [3.8, 4) is 11.5 Å². The van der Waals surface area contributed by atoms with Gasteiger partial charge in [-0.3, -0.25) is 9.69 Å². The van der Waals surface area contributed by atoms with Crippen molar-refractivity contribution < 1.29 is 13.9 Å². The summed E-state index contributed by atoms with van der Waals surface area (Å²) in [7, 11) is 0. The lowest BCUT2D eigenvalue weighted by atomic mass is 10.1. The first-order chi connectivity index (χ1) is 15.5. The number of halogens is 3. The Morgan fingerprint density at radius 1 is 0.938 bits per heavy atom. The molecule has 0 N–H and O–H groups in total. The Labute approximate surface area is 198 Å². The van der Waals surface area contributed by atoms with Crippen LogP contribution in [0.2, 0.25) is 10.0 Å². The Balaban J connectivity index is 1.44. The molecule has 0 aliphatic carbocycles. The lowest BCUT2D eigenvalue weighted by Crippen LogP contribution is -2.27. The van der Waals surface area contributed by atoms with E-state index in [-0.39, 0.29) is 17.1 Å². The number of ether oxygens (including phenoxy) is 1. The summed E-state index contributed by atoms with van der Waals surface area (Å²) >= 11 is 14.6. The Kier molecular flexibility index (Phi) is 5.72. The number of hydrogen-bond donors (Lipinski definition) is 0. The summed E-state index contributed by atoms with van der Waals surface area (Å²) in [5.74, 6) is 0.922. The number of hydrogen-bond acceptors (Lipinski definition) is 3. The van der Waals surface area contributed by atoms with Crippen molar-refractivity contribution in [2.75, 3.05) is 10.7 Å². The fourth-order valence-corrected chi connectivity index (χ4v) is 5.37. The summed E-state index contributed by atoms with van der Waals surface area (Å²) < 4.78 is 19.3. The van der Waals surface area contributed by atoms with Crippen molar-refractivity contribution >= 4 is 57.3 Å². The van der Waals surface area contributed by atoms with Gasteiger partial charge in [0.25, 0.3) is 0 Å². The molecule has 1 saturated heterocycles. The highest BCUT2D eigenvalue weighted by molar-refractivity contribution is 8.00. The molecule has 7 heteroatoms. The van der Waals surface area contributed by atoms with Gasteiger partial charge in [-0.2, -0.15) is 0 Å². The van der Waals surface area contributed by atoms with E-state index in [1.165, 1.54) is 23.9 Å². The number of nitrogens with zero attached hydrogens (tertiary/aromatic N) is 1. The zero-order valence-corrected chi connectivity index (χ0v) is 18.9. The second-order valence-electron chi connectivity index (χ2n) is 7.29. The molecule has 1 atom stereocenters. The molecule has 32 heavy (non-hydrogen) atoms. The van der Waals surface area contributed by atoms with E-state index in [0.717, 1.165) is 16.3 Å². The summed E-state index contributed by atoms with van der Waals surface area (Å²) in [5.41, 5.74) is 1.50. The third-order valence-corrected chi connectivity index (χ3v) is 7.16. The minimum Gasteiger partial charge on any atom is -0.454 e. The van der Waals surface area contributed by atoms with Gasteiger partial charge in [0.15, 0.2) is 0 Å². The monoisotopic (exact) mass is 483 g/mol. The molecule has 1 heterocycles. The van der Waals surface area contributed by atoms with Crippen LogP contribution in [0.15, 0.2) is 78.9 Å². The molecule has 160 valence electrons. The average molecular weight is 484 g/mol. The Morgan fingerprint density at radius 3 is 2.47 bits per heavy atom. The third kappa shape index (κ3) is 3.92. The van der Waals surface area contributed by atoms with Crippen LogP contribution in [0.3, 0.4) is 0 Å². The molecule has 3 nitrogen and oxygen atoms in total. The van der Waals surface area contributed by atoms with Gasteiger partial charge in [-0.15, -0.1) is 11.8 Å². The van der Waals surface area contributed by atoms with Gasteiger partial charge in [0.2, 0.25) is 5.91 Å². The molecule has 0 saturated carbocycles. The molecule has 1 aliphatic heterocycles. The molecule has 5 rings (SSSR count). The standard InChI is InChI=1S/C25H16Cl2FNO2S/c26-20-13-18(29-23(30)14-32-25(29)16-5-8-17(28)9-6-16)10-12-21(20)31-22-11-7-15-3-1-2-4-19(15)24(22)27/h1-13,25H,14H2/t25-/m1/s1. The van der Waals surface area contributed by atoms with Crippen LogP contribution in [-0.2, 0) is 4.79 Å². The SMILES string of the molecule is O=C1CS[C@H](c2ccc(F)cc2)N1c1ccc(Oc2ccc3ccccc3c2Cl)c(Cl)c1. The third-order valence-electron chi connectivity index (χ3n) is 5.26. The lowest BCUT2D eigenvalue weighted by Gasteiger charge is -2.25. The van der Waals surface area contributed by atoms with E-state index >= 15 is 0 Å². The van der Waals surface area contributed by atoms with Crippen LogP contribution in [0.4, 0.5) is 10.1 Å². The number of anilines is 1. The highest BCUT2D eigenvalue weighted by atomic mass is 35.5. The summed E-state index contributed by atoms with van der Waals surface area (Å²) in [4.78, 5) is 14.3. The van der Waals surface area contributed by atoms with Crippen LogP contribution in [0, 0.1) is 5.82 Å². The van der Waals surface area contributed by atoms with Crippen LogP contribution in [-0.4, -0.2) is 11.7 Å². The molecule has 0 radical (unpaired) electrons. The van der Waals surface area contributed by atoms with Crippen molar-refractivity contribution in [1.29, 1.82) is 0 Å². The first kappa shape index (κ1) is 21.1. The van der Waals surface area contributed by atoms with Crippen LogP contribution >= 0.6 is 35.0 Å². The lowest BCUT2D eigenvalue weighted by molar-refractivity contribution is -0.115. The number of benzene rings is 4. The minimum absolute atomic E-state index is 0.0355. The van der Waals surface area contributed by atoms with E-state index in [4.69, 9.17) is 27.9 Å². The highest BCUT2D eigenvalue weighted by Crippen LogP contribution is 2.44. The quantitative estimate of drug-likeness (QED) is 0.295. The largest absolute Gasteiger partial charge is 0.454 e. The molecule has 1 fully saturated rings. The van der Waals surface area contributed by atoms with Crippen molar-refractivity contribution in [3.63, 3.8) is 0 Å². The van der Waals surface area contributed by atoms with Gasteiger partial charge < -0.3 is 4.74 Å². The molecular weight excluding hydrogens is 468 g/mol. The van der Waals surface area contributed by atoms with Crippen LogP contribution in [0.25, 0.3) is 10.8 Å². The number of amides is 1. The van der Waals surface area contributed by atoms with Crippen molar-refractivity contribution in [1.82, 2.24) is 0 Å². The number of carbonyl (C=O) groups is 1. The summed E-state index contributed by atoms with van der Waals surface area (Å²) in [6, 6.07) is 22.9. The Hall–Kier alpha value is -2.73. The van der Waals surface area contributed by atoms with Gasteiger partial charge in [0.05, 0.1) is 15.8 Å². The van der Waals surface area contributed by atoms with Gasteiger partial charge in [0, 0.05) is 11.1 Å². The van der Waals surface area contributed by atoms with E-state index in [1.807, 2.05) is 30.3 Å². The topological polar surface area (TPSA) is 29.5 Å². The molecule has 4 aromatic carbocycles. The van der Waals surface area contributed by atoms with E-state index in [9.17, 15) is 9.18 Å². The van der Waals surface area contributed by atoms with Gasteiger partial charge in [-0.05, 0) is 47.3 Å². The predicted molar refractivity (Wildman–Crippen MR) is 130 cm³/mol. The van der Waals surface area contributed by atoms with Crippen molar-refractivity contribution in [3.05, 3.63) is 100 Å². The normalized spacial score (nSPS) is 16.0. The molecule has 4 aromatic rings. The van der Waals surface area contributed by atoms with Gasteiger partial charge >= 0.3 is 0 Å². The zero-order valence-electron chi connectivity index (χ0n) is 16.6. The fourth-order valence-electron chi connectivity index (χ4n) is 3.71. The summed E-state index contributed by atoms with van der Waals surface area (Å²) in [6.45, 7) is 0. The van der Waals surface area contributed by atoms with E-state index in [1.54, 1.807) is 41.3 Å². The second kappa shape index (κ2) is 8.66. The van der Waals surface area contributed by atoms with Crippen molar-refractivity contribution in [2.45, 2.75) is 5.37 Å². The number of rotatable bonds is 4. The smallest absolute Gasteiger partial charge is 0.238 e. The maximum absolute atomic E-state index is 13.3. The highest BCUT2D eigenvalue weighted by Gasteiger charge is 2.34. The van der Waals surface area contributed by atoms with E-state index in [0.29, 0.717) is 33.0 Å². The maximum Gasteiger partial charge on any atom is 0.238 e. The number of carbonyl (C=O) groups excluding carboxylic acids is 1. The zero-order chi connectivity index (χ0) is 22.2. The van der Waals surface area contributed by atoms with Crippen LogP contribution in [0.1, 0.15) is 10.9 Å². The molecule has 0 unspecified atom stereocenters.